The minimum Gasteiger partial charge on any atom is -0.480 e. The van der Waals surface area contributed by atoms with Crippen molar-refractivity contribution in [1.29, 1.82) is 0 Å². The third-order valence-corrected chi connectivity index (χ3v) is 5.82. The van der Waals surface area contributed by atoms with Crippen molar-refractivity contribution in [1.82, 2.24) is 15.2 Å². The number of ether oxygens (including phenoxy) is 3. The predicted molar refractivity (Wildman–Crippen MR) is 133 cm³/mol. The lowest BCUT2D eigenvalue weighted by atomic mass is 9.85. The summed E-state index contributed by atoms with van der Waals surface area (Å²) in [5, 5.41) is 13.2. The average molecular weight is 556 g/mol. The molecule has 0 bridgehead atoms. The fraction of sp³-hybridized carbons (Fsp3) is 0.538. The van der Waals surface area contributed by atoms with Gasteiger partial charge < -0.3 is 29.5 Å². The maximum absolute atomic E-state index is 13.6. The lowest BCUT2D eigenvalue weighted by Crippen LogP contribution is -2.57. The molecule has 39 heavy (non-hydrogen) atoms. The lowest BCUT2D eigenvalue weighted by Gasteiger charge is -2.35. The number of pyridine rings is 1. The van der Waals surface area contributed by atoms with Crippen LogP contribution in [-0.2, 0) is 14.3 Å². The Morgan fingerprint density at radius 1 is 1.10 bits per heavy atom. The first-order valence-electron chi connectivity index (χ1n) is 12.2. The third kappa shape index (κ3) is 7.87. The molecule has 3 rings (SSSR count). The number of carbonyl (C=O) groups excluding carboxylic acids is 2. The first kappa shape index (κ1) is 29.8. The van der Waals surface area contributed by atoms with E-state index in [1.165, 1.54) is 24.4 Å². The number of rotatable bonds is 6. The Balaban J connectivity index is 1.83. The first-order chi connectivity index (χ1) is 17.8. The van der Waals surface area contributed by atoms with Crippen LogP contribution in [0.5, 0.6) is 11.6 Å². The van der Waals surface area contributed by atoms with Gasteiger partial charge in [-0.1, -0.05) is 20.8 Å². The highest BCUT2D eigenvalue weighted by Crippen LogP contribution is 2.33. The second kappa shape index (κ2) is 10.8. The summed E-state index contributed by atoms with van der Waals surface area (Å²) in [6, 6.07) is 2.78. The molecule has 0 saturated carbocycles. The van der Waals surface area contributed by atoms with Gasteiger partial charge in [-0.2, -0.15) is 0 Å². The summed E-state index contributed by atoms with van der Waals surface area (Å²) >= 11 is 0. The number of amides is 2. The molecule has 2 N–H and O–H groups in total. The van der Waals surface area contributed by atoms with Crippen LogP contribution in [0.15, 0.2) is 30.5 Å². The number of nitrogens with zero attached hydrogens (tertiary/aromatic N) is 2. The molecule has 214 valence electrons. The summed E-state index contributed by atoms with van der Waals surface area (Å²) in [6.07, 6.45) is -5.20. The van der Waals surface area contributed by atoms with Crippen molar-refractivity contribution in [3.63, 3.8) is 0 Å². The highest BCUT2D eigenvalue weighted by molar-refractivity contribution is 5.91. The minimum atomic E-state index is -4.85. The van der Waals surface area contributed by atoms with Gasteiger partial charge in [0.1, 0.15) is 29.5 Å². The van der Waals surface area contributed by atoms with Crippen LogP contribution in [0.4, 0.5) is 18.0 Å². The number of aromatic nitrogens is 1. The molecule has 2 amide bonds. The molecule has 1 aliphatic heterocycles. The summed E-state index contributed by atoms with van der Waals surface area (Å²) in [4.78, 5) is 43.4. The van der Waals surface area contributed by atoms with E-state index in [-0.39, 0.29) is 18.8 Å². The molecule has 0 spiro atoms. The van der Waals surface area contributed by atoms with Gasteiger partial charge in [-0.05, 0) is 55.8 Å². The normalized spacial score (nSPS) is 18.9. The van der Waals surface area contributed by atoms with Gasteiger partial charge in [0.15, 0.2) is 0 Å². The molecule has 1 aromatic carbocycles. The number of alkyl halides is 3. The predicted octanol–water partition coefficient (Wildman–Crippen LogP) is 4.51. The van der Waals surface area contributed by atoms with Crippen molar-refractivity contribution in [3.05, 3.63) is 30.5 Å². The fourth-order valence-electron chi connectivity index (χ4n) is 4.18. The van der Waals surface area contributed by atoms with Crippen LogP contribution in [0.1, 0.15) is 48.0 Å². The largest absolute Gasteiger partial charge is 0.573 e. The van der Waals surface area contributed by atoms with Crippen LogP contribution >= 0.6 is 0 Å². The number of nitrogens with one attached hydrogen (secondary N) is 1. The number of alkyl carbamates (subject to hydrolysis) is 1. The van der Waals surface area contributed by atoms with Crippen molar-refractivity contribution < 1.29 is 46.9 Å². The molecule has 1 fully saturated rings. The van der Waals surface area contributed by atoms with Crippen LogP contribution in [0.3, 0.4) is 0 Å². The number of carboxylic acid groups (broad SMARTS) is 1. The van der Waals surface area contributed by atoms with Crippen molar-refractivity contribution in [2.75, 3.05) is 6.54 Å². The highest BCUT2D eigenvalue weighted by Gasteiger charge is 2.46. The molecule has 3 atom stereocenters. The van der Waals surface area contributed by atoms with E-state index in [0.29, 0.717) is 10.8 Å². The molecule has 13 heteroatoms. The van der Waals surface area contributed by atoms with Crippen LogP contribution in [-0.4, -0.2) is 69.7 Å². The molecular weight excluding hydrogens is 523 g/mol. The Morgan fingerprint density at radius 3 is 2.33 bits per heavy atom. The van der Waals surface area contributed by atoms with E-state index in [9.17, 15) is 32.7 Å². The van der Waals surface area contributed by atoms with E-state index in [0.717, 1.165) is 11.0 Å². The van der Waals surface area contributed by atoms with E-state index in [4.69, 9.17) is 9.47 Å². The molecule has 0 aliphatic carbocycles. The first-order valence-corrected chi connectivity index (χ1v) is 12.2. The molecule has 2 heterocycles. The minimum absolute atomic E-state index is 0.0637. The Morgan fingerprint density at radius 2 is 1.77 bits per heavy atom. The Bertz CT molecular complexity index is 1240. The molecular formula is C26H32F3N3O7. The number of hydrogen-bond donors (Lipinski definition) is 2. The number of likely N-dealkylation sites (tertiary alicyclic amines) is 1. The zero-order chi connectivity index (χ0) is 29.3. The Hall–Kier alpha value is -3.77. The number of aliphatic carboxylic acids is 1. The summed E-state index contributed by atoms with van der Waals surface area (Å²) in [7, 11) is 0. The highest BCUT2D eigenvalue weighted by atomic mass is 19.4. The van der Waals surface area contributed by atoms with Crippen molar-refractivity contribution in [3.8, 4) is 11.6 Å². The zero-order valence-corrected chi connectivity index (χ0v) is 22.5. The average Bonchev–Trinajstić information content (AvgIpc) is 3.18. The fourth-order valence-corrected chi connectivity index (χ4v) is 4.18. The number of hydrogen-bond acceptors (Lipinski definition) is 7. The molecule has 10 nitrogen and oxygen atoms in total. The van der Waals surface area contributed by atoms with E-state index in [1.54, 1.807) is 41.5 Å². The van der Waals surface area contributed by atoms with Crippen LogP contribution < -0.4 is 14.8 Å². The number of halogens is 3. The number of benzene rings is 1. The Labute approximate surface area is 223 Å². The van der Waals surface area contributed by atoms with Crippen LogP contribution in [0, 0.1) is 5.41 Å². The van der Waals surface area contributed by atoms with Gasteiger partial charge >= 0.3 is 18.4 Å². The number of carbonyl (C=O) groups is 3. The summed E-state index contributed by atoms with van der Waals surface area (Å²) in [5.41, 5.74) is -1.60. The second-order valence-electron chi connectivity index (χ2n) is 11.3. The maximum Gasteiger partial charge on any atom is 0.573 e. The molecule has 1 aliphatic rings. The monoisotopic (exact) mass is 555 g/mol. The molecule has 2 aromatic rings. The van der Waals surface area contributed by atoms with Gasteiger partial charge in [0.2, 0.25) is 11.8 Å². The molecule has 1 aromatic heterocycles. The van der Waals surface area contributed by atoms with Crippen molar-refractivity contribution in [2.45, 2.75) is 78.1 Å². The Kier molecular flexibility index (Phi) is 8.23. The van der Waals surface area contributed by atoms with Crippen LogP contribution in [0.25, 0.3) is 10.8 Å². The van der Waals surface area contributed by atoms with E-state index < -0.39 is 59.3 Å². The number of carboxylic acids is 1. The van der Waals surface area contributed by atoms with Gasteiger partial charge in [-0.25, -0.2) is 14.6 Å². The molecule has 1 saturated heterocycles. The second-order valence-corrected chi connectivity index (χ2v) is 11.3. The van der Waals surface area contributed by atoms with Crippen molar-refractivity contribution in [2.24, 2.45) is 5.41 Å². The lowest BCUT2D eigenvalue weighted by molar-refractivity contribution is -0.274. The summed E-state index contributed by atoms with van der Waals surface area (Å²) < 4.78 is 53.0. The smallest absolute Gasteiger partial charge is 0.480 e. The third-order valence-electron chi connectivity index (χ3n) is 5.82. The number of fused-ring (bicyclic) bond motifs is 1. The quantitative estimate of drug-likeness (QED) is 0.533. The van der Waals surface area contributed by atoms with Gasteiger partial charge in [-0.3, -0.25) is 4.79 Å². The van der Waals surface area contributed by atoms with Gasteiger partial charge in [-0.15, -0.1) is 13.2 Å². The van der Waals surface area contributed by atoms with E-state index in [1.807, 2.05) is 0 Å². The SMILES string of the molecule is CC(C)(C)OC(=O)N[C@H](C(=O)N1C[C@H](Oc2nccc3cc(OC(F)(F)F)ccc23)C[C@H]1C(=O)O)C(C)(C)C. The zero-order valence-electron chi connectivity index (χ0n) is 22.5. The summed E-state index contributed by atoms with van der Waals surface area (Å²) in [5.74, 6) is -2.22. The summed E-state index contributed by atoms with van der Waals surface area (Å²) in [6.45, 7) is 10.1. The topological polar surface area (TPSA) is 127 Å². The van der Waals surface area contributed by atoms with E-state index in [2.05, 4.69) is 15.0 Å². The van der Waals surface area contributed by atoms with Gasteiger partial charge in [0.25, 0.3) is 0 Å². The van der Waals surface area contributed by atoms with Gasteiger partial charge in [0, 0.05) is 18.0 Å². The van der Waals surface area contributed by atoms with Crippen LogP contribution in [0.2, 0.25) is 0 Å². The van der Waals surface area contributed by atoms with E-state index >= 15 is 0 Å². The molecule has 0 unspecified atom stereocenters. The van der Waals surface area contributed by atoms with Gasteiger partial charge in [0.05, 0.1) is 6.54 Å². The maximum atomic E-state index is 13.6. The molecule has 0 radical (unpaired) electrons. The van der Waals surface area contributed by atoms with Crippen molar-refractivity contribution >= 4 is 28.7 Å². The standard InChI is InChI=1S/C26H32F3N3O7/c1-24(2,3)19(31-23(36)39-25(4,5)6)21(33)32-13-16(12-18(32)22(34)35)37-20-17-8-7-15(38-26(27,28)29)11-14(17)9-10-30-20/h7-11,16,18-19H,12-13H2,1-6H3,(H,31,36)(H,34,35)/t16-,18+,19-/m1/s1.